The van der Waals surface area contributed by atoms with Crippen LogP contribution in [0.2, 0.25) is 0 Å². The van der Waals surface area contributed by atoms with E-state index in [0.717, 1.165) is 72.0 Å². The van der Waals surface area contributed by atoms with Crippen LogP contribution >= 0.6 is 27.7 Å². The van der Waals surface area contributed by atoms with Crippen LogP contribution in [0.25, 0.3) is 6.08 Å². The second-order valence-electron chi connectivity index (χ2n) is 9.78. The van der Waals surface area contributed by atoms with E-state index in [2.05, 4.69) is 55.0 Å². The summed E-state index contributed by atoms with van der Waals surface area (Å²) in [7, 11) is 0. The number of ether oxygens (including phenoxy) is 2. The molecule has 1 heterocycles. The van der Waals surface area contributed by atoms with Gasteiger partial charge < -0.3 is 9.47 Å². The minimum atomic E-state index is -0.355. The number of hydrogen-bond acceptors (Lipinski definition) is 5. The summed E-state index contributed by atoms with van der Waals surface area (Å²) in [6.45, 7) is 10.3. The Morgan fingerprint density at radius 2 is 1.94 bits per heavy atom. The molecule has 0 saturated carbocycles. The Hall–Kier alpha value is -2.25. The molecular weight excluding hydrogens is 526 g/mol. The van der Waals surface area contributed by atoms with E-state index in [1.54, 1.807) is 6.08 Å². The fraction of sp³-hybridized carbons (Fsp3) is 0.429. The minimum Gasteiger partial charge on any atom is -0.493 e. The average molecular weight is 559 g/mol. The van der Waals surface area contributed by atoms with Crippen molar-refractivity contribution >= 4 is 44.9 Å². The van der Waals surface area contributed by atoms with Gasteiger partial charge in [-0.15, -0.1) is 0 Å². The van der Waals surface area contributed by atoms with Crippen LogP contribution in [-0.4, -0.2) is 24.4 Å². The van der Waals surface area contributed by atoms with E-state index in [0.29, 0.717) is 11.5 Å². The topological polar surface area (TPSA) is 64.6 Å². The van der Waals surface area contributed by atoms with E-state index in [1.165, 1.54) is 22.3 Å². The molecule has 0 radical (unpaired) electrons. The molecule has 4 rings (SSSR count). The first kappa shape index (κ1) is 25.8. The SMILES string of the molecule is CCCCOc1cc2c(c(C)c1C)CC(C)(COc1ccc(/C=C3/SC(=O)NC3=O)cc1Br)CC2. The summed E-state index contributed by atoms with van der Waals surface area (Å²) in [5.74, 6) is 1.45. The minimum absolute atomic E-state index is 0.0355. The van der Waals surface area contributed by atoms with Crippen LogP contribution in [-0.2, 0) is 17.6 Å². The Labute approximate surface area is 220 Å². The molecule has 1 unspecified atom stereocenters. The molecule has 1 atom stereocenters. The number of carbonyl (C=O) groups excluding carboxylic acids is 2. The zero-order valence-corrected chi connectivity index (χ0v) is 23.2. The summed E-state index contributed by atoms with van der Waals surface area (Å²) < 4.78 is 13.2. The first-order valence-corrected chi connectivity index (χ1v) is 13.7. The van der Waals surface area contributed by atoms with E-state index in [-0.39, 0.29) is 16.6 Å². The van der Waals surface area contributed by atoms with Crippen molar-refractivity contribution in [1.29, 1.82) is 0 Å². The van der Waals surface area contributed by atoms with Crippen molar-refractivity contribution in [2.75, 3.05) is 13.2 Å². The van der Waals surface area contributed by atoms with E-state index in [9.17, 15) is 9.59 Å². The third-order valence-corrected chi connectivity index (χ3v) is 8.34. The van der Waals surface area contributed by atoms with E-state index < -0.39 is 0 Å². The van der Waals surface area contributed by atoms with Crippen LogP contribution in [0, 0.1) is 19.3 Å². The summed E-state index contributed by atoms with van der Waals surface area (Å²) in [6, 6.07) is 7.97. The Kier molecular flexibility index (Phi) is 7.96. The van der Waals surface area contributed by atoms with Crippen LogP contribution in [0.1, 0.15) is 60.9 Å². The zero-order valence-electron chi connectivity index (χ0n) is 20.8. The highest BCUT2D eigenvalue weighted by atomic mass is 79.9. The van der Waals surface area contributed by atoms with Gasteiger partial charge in [-0.3, -0.25) is 14.9 Å². The van der Waals surface area contributed by atoms with Crippen LogP contribution < -0.4 is 14.8 Å². The molecule has 0 spiro atoms. The maximum absolute atomic E-state index is 11.8. The van der Waals surface area contributed by atoms with E-state index in [1.807, 2.05) is 18.2 Å². The second-order valence-corrected chi connectivity index (χ2v) is 11.7. The highest BCUT2D eigenvalue weighted by Crippen LogP contribution is 2.41. The zero-order chi connectivity index (χ0) is 25.2. The number of imide groups is 1. The van der Waals surface area contributed by atoms with Crippen molar-refractivity contribution in [3.05, 3.63) is 61.5 Å². The molecule has 2 aliphatic rings. The quantitative estimate of drug-likeness (QED) is 0.276. The van der Waals surface area contributed by atoms with Gasteiger partial charge in [-0.05, 0) is 119 Å². The number of hydrogen-bond donors (Lipinski definition) is 1. The lowest BCUT2D eigenvalue weighted by Gasteiger charge is -2.36. The van der Waals surface area contributed by atoms with E-state index in [4.69, 9.17) is 9.47 Å². The third kappa shape index (κ3) is 5.95. The maximum atomic E-state index is 11.8. The van der Waals surface area contributed by atoms with Gasteiger partial charge in [0.05, 0.1) is 22.6 Å². The lowest BCUT2D eigenvalue weighted by molar-refractivity contribution is -0.115. The number of rotatable bonds is 8. The largest absolute Gasteiger partial charge is 0.493 e. The number of aryl methyl sites for hydroxylation is 1. The van der Waals surface area contributed by atoms with Crippen LogP contribution in [0.15, 0.2) is 33.6 Å². The van der Waals surface area contributed by atoms with Gasteiger partial charge in [0.1, 0.15) is 11.5 Å². The Morgan fingerprint density at radius 3 is 2.63 bits per heavy atom. The van der Waals surface area contributed by atoms with Crippen molar-refractivity contribution in [2.45, 2.75) is 59.8 Å². The highest BCUT2D eigenvalue weighted by Gasteiger charge is 2.33. The van der Waals surface area contributed by atoms with Gasteiger partial charge in [-0.25, -0.2) is 0 Å². The Morgan fingerprint density at radius 1 is 1.14 bits per heavy atom. The van der Waals surface area contributed by atoms with Crippen LogP contribution in [0.4, 0.5) is 4.79 Å². The number of fused-ring (bicyclic) bond motifs is 1. The highest BCUT2D eigenvalue weighted by molar-refractivity contribution is 9.10. The first-order chi connectivity index (χ1) is 16.7. The number of halogens is 1. The normalized spacial score (nSPS) is 20.7. The Bertz CT molecular complexity index is 1190. The van der Waals surface area contributed by atoms with Crippen LogP contribution in [0.3, 0.4) is 0 Å². The van der Waals surface area contributed by atoms with Crippen molar-refractivity contribution < 1.29 is 19.1 Å². The van der Waals surface area contributed by atoms with E-state index >= 15 is 0 Å². The van der Waals surface area contributed by atoms with Gasteiger partial charge in [-0.2, -0.15) is 0 Å². The fourth-order valence-electron chi connectivity index (χ4n) is 4.57. The molecule has 5 nitrogen and oxygen atoms in total. The number of thioether (sulfide) groups is 1. The standard InChI is InChI=1S/C28H32BrNO4S/c1-5-6-11-33-24-14-20-9-10-28(4,15-21(20)17(2)18(24)3)16-34-23-8-7-19(12-22(23)29)13-25-26(31)30-27(32)35-25/h7-8,12-14H,5-6,9-11,15-16H2,1-4H3,(H,30,31,32)/b25-13+. The molecule has 1 aliphatic heterocycles. The molecule has 1 fully saturated rings. The molecule has 35 heavy (non-hydrogen) atoms. The molecule has 2 amide bonds. The van der Waals surface area contributed by atoms with Gasteiger partial charge in [0.2, 0.25) is 0 Å². The molecule has 1 N–H and O–H groups in total. The van der Waals surface area contributed by atoms with Gasteiger partial charge in [0.25, 0.3) is 11.1 Å². The van der Waals surface area contributed by atoms with Gasteiger partial charge in [0, 0.05) is 5.41 Å². The molecule has 186 valence electrons. The van der Waals surface area contributed by atoms with Crippen molar-refractivity contribution in [3.63, 3.8) is 0 Å². The second kappa shape index (κ2) is 10.8. The summed E-state index contributed by atoms with van der Waals surface area (Å²) in [6.07, 6.45) is 6.98. The molecule has 1 aliphatic carbocycles. The number of amides is 2. The number of benzene rings is 2. The maximum Gasteiger partial charge on any atom is 0.290 e. The molecule has 0 bridgehead atoms. The van der Waals surface area contributed by atoms with Crippen molar-refractivity contribution in [3.8, 4) is 11.5 Å². The van der Waals surface area contributed by atoms with Crippen LogP contribution in [0.5, 0.6) is 11.5 Å². The average Bonchev–Trinajstić information content (AvgIpc) is 3.13. The van der Waals surface area contributed by atoms with Gasteiger partial charge in [0.15, 0.2) is 0 Å². The molecule has 2 aromatic rings. The smallest absolute Gasteiger partial charge is 0.290 e. The number of unbranched alkanes of at least 4 members (excludes halogenated alkanes) is 1. The summed E-state index contributed by atoms with van der Waals surface area (Å²) in [5.41, 5.74) is 6.29. The number of nitrogens with one attached hydrogen (secondary N) is 1. The monoisotopic (exact) mass is 557 g/mol. The predicted molar refractivity (Wildman–Crippen MR) is 145 cm³/mol. The third-order valence-electron chi connectivity index (χ3n) is 6.91. The van der Waals surface area contributed by atoms with Gasteiger partial charge in [-0.1, -0.05) is 26.3 Å². The lowest BCUT2D eigenvalue weighted by atomic mass is 9.71. The molecule has 7 heteroatoms. The van der Waals surface area contributed by atoms with Gasteiger partial charge >= 0.3 is 0 Å². The van der Waals surface area contributed by atoms with Crippen molar-refractivity contribution in [2.24, 2.45) is 5.41 Å². The fourth-order valence-corrected chi connectivity index (χ4v) is 5.77. The number of carbonyl (C=O) groups is 2. The lowest BCUT2D eigenvalue weighted by Crippen LogP contribution is -2.32. The van der Waals surface area contributed by atoms with Crippen molar-refractivity contribution in [1.82, 2.24) is 5.32 Å². The molecule has 0 aromatic heterocycles. The first-order valence-electron chi connectivity index (χ1n) is 12.1. The molecular formula is C28H32BrNO4S. The summed E-state index contributed by atoms with van der Waals surface area (Å²) in [5, 5.41) is 1.94. The summed E-state index contributed by atoms with van der Waals surface area (Å²) >= 11 is 4.52. The Balaban J connectivity index is 1.44. The molecule has 2 aromatic carbocycles. The molecule has 1 saturated heterocycles. The predicted octanol–water partition coefficient (Wildman–Crippen LogP) is 7.14. The summed E-state index contributed by atoms with van der Waals surface area (Å²) in [4.78, 5) is 23.6.